The molecule has 0 unspecified atom stereocenters. The van der Waals surface area contributed by atoms with Crippen molar-refractivity contribution in [2.24, 2.45) is 5.92 Å². The molecule has 8 nitrogen and oxygen atoms in total. The summed E-state index contributed by atoms with van der Waals surface area (Å²) in [5, 5.41) is 14.8. The molecule has 1 aliphatic rings. The molecule has 11 heteroatoms. The molecule has 0 saturated heterocycles. The van der Waals surface area contributed by atoms with Crippen molar-refractivity contribution in [2.75, 3.05) is 44.4 Å². The number of nitrogens with one attached hydrogen (secondary N) is 2. The Kier molecular flexibility index (Phi) is 8.47. The van der Waals surface area contributed by atoms with Crippen molar-refractivity contribution in [3.8, 4) is 5.75 Å². The molecule has 196 valence electrons. The maximum absolute atomic E-state index is 13.4. The van der Waals surface area contributed by atoms with Gasteiger partial charge >= 0.3 is 12.2 Å². The smallest absolute Gasteiger partial charge is 0.416 e. The van der Waals surface area contributed by atoms with Crippen LogP contribution in [0, 0.1) is 5.92 Å². The molecule has 0 spiro atoms. The number of hydrogen-bond donors (Lipinski definition) is 3. The summed E-state index contributed by atoms with van der Waals surface area (Å²) in [6, 6.07) is 7.61. The Bertz CT molecular complexity index is 1080. The Balaban J connectivity index is 1.83. The highest BCUT2D eigenvalue weighted by Gasteiger charge is 2.33. The number of likely N-dealkylation sites (N-methyl/N-ethyl adjacent to an activating group) is 1. The third kappa shape index (κ3) is 6.67. The number of urea groups is 1. The lowest BCUT2D eigenvalue weighted by Crippen LogP contribution is -2.49. The van der Waals surface area contributed by atoms with Gasteiger partial charge in [-0.25, -0.2) is 4.79 Å². The van der Waals surface area contributed by atoms with Gasteiger partial charge in [-0.05, 0) is 63.5 Å². The Hall–Kier alpha value is -3.31. The van der Waals surface area contributed by atoms with Gasteiger partial charge in [0, 0.05) is 30.4 Å². The maximum atomic E-state index is 13.4. The zero-order valence-corrected chi connectivity index (χ0v) is 20.6. The normalized spacial score (nSPS) is 19.1. The van der Waals surface area contributed by atoms with E-state index in [1.165, 1.54) is 6.07 Å². The molecule has 1 heterocycles. The molecule has 0 bridgehead atoms. The Morgan fingerprint density at radius 3 is 2.36 bits per heavy atom. The van der Waals surface area contributed by atoms with Gasteiger partial charge in [0.25, 0.3) is 5.91 Å². The van der Waals surface area contributed by atoms with Gasteiger partial charge in [0.15, 0.2) is 0 Å². The molecule has 3 N–H and O–H groups in total. The van der Waals surface area contributed by atoms with Crippen molar-refractivity contribution >= 4 is 23.3 Å². The number of nitrogens with zero attached hydrogens (tertiary/aromatic N) is 2. The number of anilines is 2. The number of rotatable bonds is 6. The second-order valence-electron chi connectivity index (χ2n) is 9.25. The predicted molar refractivity (Wildman–Crippen MR) is 130 cm³/mol. The van der Waals surface area contributed by atoms with Crippen LogP contribution in [0.15, 0.2) is 42.5 Å². The Labute approximate surface area is 208 Å². The van der Waals surface area contributed by atoms with Crippen LogP contribution in [-0.2, 0) is 6.18 Å². The van der Waals surface area contributed by atoms with Crippen LogP contribution in [0.2, 0.25) is 0 Å². The van der Waals surface area contributed by atoms with Gasteiger partial charge < -0.3 is 30.3 Å². The highest BCUT2D eigenvalue weighted by molar-refractivity contribution is 6.02. The predicted octanol–water partition coefficient (Wildman–Crippen LogP) is 4.13. The second kappa shape index (κ2) is 11.2. The lowest BCUT2D eigenvalue weighted by atomic mass is 9.99. The van der Waals surface area contributed by atoms with Gasteiger partial charge in [-0.3, -0.25) is 4.79 Å². The van der Waals surface area contributed by atoms with Crippen LogP contribution < -0.4 is 15.4 Å². The topological polar surface area (TPSA) is 94.1 Å². The fourth-order valence-electron chi connectivity index (χ4n) is 3.91. The molecule has 3 amide bonds. The molecule has 1 aliphatic heterocycles. The second-order valence-corrected chi connectivity index (χ2v) is 9.25. The van der Waals surface area contributed by atoms with Gasteiger partial charge in [0.1, 0.15) is 11.9 Å². The Morgan fingerprint density at radius 2 is 1.78 bits per heavy atom. The van der Waals surface area contributed by atoms with E-state index in [1.54, 1.807) is 24.0 Å². The summed E-state index contributed by atoms with van der Waals surface area (Å²) in [6.45, 7) is 4.54. The molecule has 0 fully saturated rings. The molecular weight excluding hydrogens is 477 g/mol. The molecule has 3 atom stereocenters. The zero-order chi connectivity index (χ0) is 26.6. The lowest BCUT2D eigenvalue weighted by molar-refractivity contribution is -0.137. The van der Waals surface area contributed by atoms with Gasteiger partial charge in [0.2, 0.25) is 0 Å². The summed E-state index contributed by atoms with van der Waals surface area (Å²) in [6.07, 6.45) is -4.69. The first-order chi connectivity index (χ1) is 16.9. The van der Waals surface area contributed by atoms with E-state index in [0.717, 1.165) is 24.3 Å². The number of carbonyl (C=O) groups excluding carboxylic acids is 2. The van der Waals surface area contributed by atoms with E-state index in [-0.39, 0.29) is 35.8 Å². The minimum Gasteiger partial charge on any atom is -0.488 e. The standard InChI is InChI=1S/C25H31F3N4O4/c1-15-12-32(16(2)14-33)23(34)20-11-19(9-10-21(20)36-22(15)13-31(3)4)30-24(35)29-18-7-5-17(6-8-18)25(26,27)28/h5-11,15-16,22,33H,12-14H2,1-4H3,(H2,29,30,35)/t15-,16+,22+/m1/s1. The van der Waals surface area contributed by atoms with Crippen molar-refractivity contribution in [3.63, 3.8) is 0 Å². The van der Waals surface area contributed by atoms with E-state index in [4.69, 9.17) is 4.74 Å². The highest BCUT2D eigenvalue weighted by atomic mass is 19.4. The Morgan fingerprint density at radius 1 is 1.17 bits per heavy atom. The molecule has 0 aliphatic carbocycles. The summed E-state index contributed by atoms with van der Waals surface area (Å²) in [5.74, 6) is 0.0153. The monoisotopic (exact) mass is 508 g/mol. The first-order valence-corrected chi connectivity index (χ1v) is 11.5. The number of ether oxygens (including phenoxy) is 1. The van der Waals surface area contributed by atoms with E-state index in [0.29, 0.717) is 24.5 Å². The maximum Gasteiger partial charge on any atom is 0.416 e. The number of halogens is 3. The molecule has 2 aromatic rings. The van der Waals surface area contributed by atoms with E-state index < -0.39 is 23.8 Å². The number of alkyl halides is 3. The summed E-state index contributed by atoms with van der Waals surface area (Å²) in [5.41, 5.74) is -0.116. The number of fused-ring (bicyclic) bond motifs is 1. The quantitative estimate of drug-likeness (QED) is 0.546. The number of carbonyl (C=O) groups is 2. The molecule has 3 rings (SSSR count). The number of aliphatic hydroxyl groups is 1. The fraction of sp³-hybridized carbons (Fsp3) is 0.440. The minimum absolute atomic E-state index is 0.00851. The van der Waals surface area contributed by atoms with Crippen LogP contribution in [-0.4, -0.2) is 72.8 Å². The SMILES string of the molecule is C[C@@H]1CN([C@@H](C)CO)C(=O)c2cc(NC(=O)Nc3ccc(C(F)(F)F)cc3)ccc2O[C@H]1CN(C)C. The number of benzene rings is 2. The van der Waals surface area contributed by atoms with Gasteiger partial charge in [-0.15, -0.1) is 0 Å². The van der Waals surface area contributed by atoms with Gasteiger partial charge in [-0.2, -0.15) is 13.2 Å². The molecule has 0 aromatic heterocycles. The van der Waals surface area contributed by atoms with Crippen molar-refractivity contribution in [3.05, 3.63) is 53.6 Å². The van der Waals surface area contributed by atoms with Crippen molar-refractivity contribution in [1.29, 1.82) is 0 Å². The number of aliphatic hydroxyl groups excluding tert-OH is 1. The van der Waals surface area contributed by atoms with Crippen LogP contribution in [0.4, 0.5) is 29.3 Å². The first-order valence-electron chi connectivity index (χ1n) is 11.5. The van der Waals surface area contributed by atoms with Gasteiger partial charge in [0.05, 0.1) is 23.8 Å². The molecule has 0 saturated carbocycles. The third-order valence-corrected chi connectivity index (χ3v) is 5.94. The summed E-state index contributed by atoms with van der Waals surface area (Å²) in [4.78, 5) is 29.5. The molecule has 0 radical (unpaired) electrons. The van der Waals surface area contributed by atoms with E-state index in [1.807, 2.05) is 25.9 Å². The first kappa shape index (κ1) is 27.3. The van der Waals surface area contributed by atoms with E-state index in [2.05, 4.69) is 10.6 Å². The van der Waals surface area contributed by atoms with Crippen molar-refractivity contribution < 1.29 is 32.6 Å². The summed E-state index contributed by atoms with van der Waals surface area (Å²) < 4.78 is 44.4. The van der Waals surface area contributed by atoms with Crippen molar-refractivity contribution in [1.82, 2.24) is 9.80 Å². The van der Waals surface area contributed by atoms with Crippen LogP contribution in [0.25, 0.3) is 0 Å². The molecule has 2 aromatic carbocycles. The molecular formula is C25H31F3N4O4. The fourth-order valence-corrected chi connectivity index (χ4v) is 3.91. The number of hydrogen-bond acceptors (Lipinski definition) is 5. The van der Waals surface area contributed by atoms with Gasteiger partial charge in [-0.1, -0.05) is 6.92 Å². The van der Waals surface area contributed by atoms with Crippen LogP contribution in [0.5, 0.6) is 5.75 Å². The zero-order valence-electron chi connectivity index (χ0n) is 20.6. The van der Waals surface area contributed by atoms with E-state index >= 15 is 0 Å². The third-order valence-electron chi connectivity index (χ3n) is 5.94. The van der Waals surface area contributed by atoms with Crippen LogP contribution in [0.3, 0.4) is 0 Å². The minimum atomic E-state index is -4.47. The summed E-state index contributed by atoms with van der Waals surface area (Å²) >= 11 is 0. The van der Waals surface area contributed by atoms with Crippen LogP contribution >= 0.6 is 0 Å². The number of amides is 3. The van der Waals surface area contributed by atoms with E-state index in [9.17, 15) is 27.9 Å². The average molecular weight is 509 g/mol. The highest BCUT2D eigenvalue weighted by Crippen LogP contribution is 2.31. The van der Waals surface area contributed by atoms with Crippen molar-refractivity contribution in [2.45, 2.75) is 32.2 Å². The average Bonchev–Trinajstić information content (AvgIpc) is 2.80. The largest absolute Gasteiger partial charge is 0.488 e. The lowest BCUT2D eigenvalue weighted by Gasteiger charge is -2.37. The summed E-state index contributed by atoms with van der Waals surface area (Å²) in [7, 11) is 3.86. The van der Waals surface area contributed by atoms with Crippen LogP contribution in [0.1, 0.15) is 29.8 Å². The molecule has 36 heavy (non-hydrogen) atoms.